The van der Waals surface area contributed by atoms with Crippen LogP contribution in [0.5, 0.6) is 5.75 Å². The number of nitrogens with one attached hydrogen (secondary N) is 1. The molecule has 1 aromatic carbocycles. The van der Waals surface area contributed by atoms with Gasteiger partial charge in [-0.25, -0.2) is 0 Å². The lowest BCUT2D eigenvalue weighted by Gasteiger charge is -2.35. The molecule has 1 rings (SSSR count). The lowest BCUT2D eigenvalue weighted by molar-refractivity contribution is 0.231. The predicted molar refractivity (Wildman–Crippen MR) is 86.2 cm³/mol. The van der Waals surface area contributed by atoms with E-state index in [-0.39, 0.29) is 11.5 Å². The van der Waals surface area contributed by atoms with Crippen molar-refractivity contribution in [2.45, 2.75) is 40.2 Å². The van der Waals surface area contributed by atoms with E-state index in [1.54, 1.807) is 7.11 Å². The average Bonchev–Trinajstić information content (AvgIpc) is 2.35. The first-order valence-corrected chi connectivity index (χ1v) is 7.80. The smallest absolute Gasteiger partial charge is 0.137 e. The Morgan fingerprint density at radius 2 is 2.00 bits per heavy atom. The average molecular weight is 349 g/mol. The lowest BCUT2D eigenvalue weighted by Crippen LogP contribution is -2.34. The van der Waals surface area contributed by atoms with Gasteiger partial charge in [0, 0.05) is 16.6 Å². The molecule has 0 saturated heterocycles. The fraction of sp³-hybridized carbons (Fsp3) is 0.600. The van der Waals surface area contributed by atoms with Gasteiger partial charge in [-0.3, -0.25) is 0 Å². The minimum atomic E-state index is 0.118. The standard InChI is InChI=1S/C15H23BrClNO/c1-6-15(3,4)14(18-7-2)11-8-10(17)9-12(16)13(11)19-5/h8-9,14,18H,6-7H2,1-5H3. The summed E-state index contributed by atoms with van der Waals surface area (Å²) in [6.07, 6.45) is 1.07. The molecule has 0 amide bonds. The van der Waals surface area contributed by atoms with E-state index in [9.17, 15) is 0 Å². The minimum absolute atomic E-state index is 0.118. The summed E-state index contributed by atoms with van der Waals surface area (Å²) in [5, 5.41) is 4.28. The van der Waals surface area contributed by atoms with Crippen molar-refractivity contribution in [3.8, 4) is 5.75 Å². The highest BCUT2D eigenvalue weighted by atomic mass is 79.9. The Labute approximate surface area is 130 Å². The maximum Gasteiger partial charge on any atom is 0.137 e. The van der Waals surface area contributed by atoms with E-state index in [1.807, 2.05) is 12.1 Å². The Morgan fingerprint density at radius 3 is 2.47 bits per heavy atom. The largest absolute Gasteiger partial charge is 0.495 e. The highest BCUT2D eigenvalue weighted by Gasteiger charge is 2.31. The maximum absolute atomic E-state index is 6.20. The summed E-state index contributed by atoms with van der Waals surface area (Å²) in [6.45, 7) is 9.74. The summed E-state index contributed by atoms with van der Waals surface area (Å²) in [5.41, 5.74) is 1.23. The Bertz CT molecular complexity index is 434. The van der Waals surface area contributed by atoms with E-state index in [2.05, 4.69) is 48.9 Å². The van der Waals surface area contributed by atoms with Crippen molar-refractivity contribution in [3.63, 3.8) is 0 Å². The molecular weight excluding hydrogens is 326 g/mol. The van der Waals surface area contributed by atoms with Crippen molar-refractivity contribution in [2.75, 3.05) is 13.7 Å². The highest BCUT2D eigenvalue weighted by molar-refractivity contribution is 9.10. The lowest BCUT2D eigenvalue weighted by atomic mass is 9.78. The third-order valence-electron chi connectivity index (χ3n) is 3.65. The van der Waals surface area contributed by atoms with Crippen molar-refractivity contribution < 1.29 is 4.74 Å². The van der Waals surface area contributed by atoms with E-state index in [0.29, 0.717) is 0 Å². The number of rotatable bonds is 6. The van der Waals surface area contributed by atoms with Crippen LogP contribution in [0.3, 0.4) is 0 Å². The number of benzene rings is 1. The molecule has 0 aliphatic rings. The van der Waals surface area contributed by atoms with Gasteiger partial charge in [0.1, 0.15) is 5.75 Å². The molecule has 108 valence electrons. The number of halogens is 2. The second-order valence-electron chi connectivity index (χ2n) is 5.34. The van der Waals surface area contributed by atoms with Crippen LogP contribution >= 0.6 is 27.5 Å². The number of ether oxygens (including phenoxy) is 1. The van der Waals surface area contributed by atoms with Crippen molar-refractivity contribution >= 4 is 27.5 Å². The zero-order chi connectivity index (χ0) is 14.6. The quantitative estimate of drug-likeness (QED) is 0.763. The molecule has 0 bridgehead atoms. The van der Waals surface area contributed by atoms with Crippen LogP contribution in [0.1, 0.15) is 45.7 Å². The molecule has 2 nitrogen and oxygen atoms in total. The summed E-state index contributed by atoms with van der Waals surface area (Å²) < 4.78 is 6.45. The molecule has 0 saturated carbocycles. The van der Waals surface area contributed by atoms with Crippen LogP contribution in [0.25, 0.3) is 0 Å². The molecule has 0 fully saturated rings. The van der Waals surface area contributed by atoms with Gasteiger partial charge in [-0.05, 0) is 46.4 Å². The van der Waals surface area contributed by atoms with Crippen LogP contribution in [0.2, 0.25) is 5.02 Å². The molecule has 0 spiro atoms. The Hall–Kier alpha value is -0.250. The molecule has 0 aliphatic carbocycles. The number of hydrogen-bond acceptors (Lipinski definition) is 2. The van der Waals surface area contributed by atoms with Crippen LogP contribution in [0.15, 0.2) is 16.6 Å². The van der Waals surface area contributed by atoms with E-state index < -0.39 is 0 Å². The van der Waals surface area contributed by atoms with Crippen molar-refractivity contribution in [1.29, 1.82) is 0 Å². The molecule has 0 heterocycles. The molecule has 1 unspecified atom stereocenters. The van der Waals surface area contributed by atoms with Gasteiger partial charge in [0.25, 0.3) is 0 Å². The normalized spacial score (nSPS) is 13.4. The van der Waals surface area contributed by atoms with E-state index >= 15 is 0 Å². The first-order chi connectivity index (χ1) is 8.87. The zero-order valence-corrected chi connectivity index (χ0v) is 14.7. The van der Waals surface area contributed by atoms with Gasteiger partial charge in [0.2, 0.25) is 0 Å². The van der Waals surface area contributed by atoms with Gasteiger partial charge >= 0.3 is 0 Å². The molecule has 19 heavy (non-hydrogen) atoms. The Balaban J connectivity index is 3.37. The number of hydrogen-bond donors (Lipinski definition) is 1. The number of methoxy groups -OCH3 is 1. The fourth-order valence-electron chi connectivity index (χ4n) is 2.23. The molecule has 4 heteroatoms. The minimum Gasteiger partial charge on any atom is -0.495 e. The van der Waals surface area contributed by atoms with Crippen LogP contribution < -0.4 is 10.1 Å². The topological polar surface area (TPSA) is 21.3 Å². The summed E-state index contributed by atoms with van der Waals surface area (Å²) in [7, 11) is 1.69. The van der Waals surface area contributed by atoms with Crippen molar-refractivity contribution in [1.82, 2.24) is 5.32 Å². The van der Waals surface area contributed by atoms with Gasteiger partial charge in [-0.2, -0.15) is 0 Å². The van der Waals surface area contributed by atoms with E-state index in [4.69, 9.17) is 16.3 Å². The van der Waals surface area contributed by atoms with Crippen LogP contribution in [0, 0.1) is 5.41 Å². The molecule has 0 aromatic heterocycles. The van der Waals surface area contributed by atoms with Crippen molar-refractivity contribution in [3.05, 3.63) is 27.2 Å². The second-order valence-corrected chi connectivity index (χ2v) is 6.63. The first-order valence-electron chi connectivity index (χ1n) is 6.63. The molecule has 0 radical (unpaired) electrons. The summed E-state index contributed by atoms with van der Waals surface area (Å²) in [6, 6.07) is 4.06. The van der Waals surface area contributed by atoms with Gasteiger partial charge in [-0.15, -0.1) is 0 Å². The Kier molecular flexibility index (Phi) is 6.15. The molecule has 1 aromatic rings. The SMILES string of the molecule is CCNC(c1cc(Cl)cc(Br)c1OC)C(C)(C)CC. The third kappa shape index (κ3) is 3.87. The third-order valence-corrected chi connectivity index (χ3v) is 4.46. The monoisotopic (exact) mass is 347 g/mol. The zero-order valence-electron chi connectivity index (χ0n) is 12.3. The first kappa shape index (κ1) is 16.8. The van der Waals surface area contributed by atoms with Crippen LogP contribution in [0.4, 0.5) is 0 Å². The molecule has 0 aliphatic heterocycles. The van der Waals surface area contributed by atoms with Gasteiger partial charge in [0.05, 0.1) is 11.6 Å². The van der Waals surface area contributed by atoms with Crippen molar-refractivity contribution in [2.24, 2.45) is 5.41 Å². The van der Waals surface area contributed by atoms with E-state index in [1.165, 1.54) is 0 Å². The predicted octanol–water partition coefficient (Wildman–Crippen LogP) is 5.20. The second kappa shape index (κ2) is 6.96. The maximum atomic E-state index is 6.20. The molecule has 1 atom stereocenters. The van der Waals surface area contributed by atoms with Crippen LogP contribution in [-0.4, -0.2) is 13.7 Å². The van der Waals surface area contributed by atoms with Crippen LogP contribution in [-0.2, 0) is 0 Å². The van der Waals surface area contributed by atoms with Gasteiger partial charge in [0.15, 0.2) is 0 Å². The summed E-state index contributed by atoms with van der Waals surface area (Å²) in [4.78, 5) is 0. The molecular formula is C15H23BrClNO. The Morgan fingerprint density at radius 1 is 1.37 bits per heavy atom. The highest BCUT2D eigenvalue weighted by Crippen LogP contribution is 2.43. The van der Waals surface area contributed by atoms with Gasteiger partial charge < -0.3 is 10.1 Å². The van der Waals surface area contributed by atoms with Gasteiger partial charge in [-0.1, -0.05) is 39.3 Å². The summed E-state index contributed by atoms with van der Waals surface area (Å²) in [5.74, 6) is 0.858. The summed E-state index contributed by atoms with van der Waals surface area (Å²) >= 11 is 9.73. The fourth-order valence-corrected chi connectivity index (χ4v) is 3.22. The molecule has 1 N–H and O–H groups in total. The van der Waals surface area contributed by atoms with E-state index in [0.717, 1.165) is 33.8 Å².